The highest BCUT2D eigenvalue weighted by Gasteiger charge is 2.34. The number of likely N-dealkylation sites (tertiary alicyclic amines) is 1. The summed E-state index contributed by atoms with van der Waals surface area (Å²) < 4.78 is 0.129. The van der Waals surface area contributed by atoms with Crippen LogP contribution in [-0.4, -0.2) is 50.2 Å². The Kier molecular flexibility index (Phi) is 6.43. The van der Waals surface area contributed by atoms with Gasteiger partial charge in [0.05, 0.1) is 6.54 Å². The van der Waals surface area contributed by atoms with E-state index < -0.39 is 6.04 Å². The summed E-state index contributed by atoms with van der Waals surface area (Å²) in [6.07, 6.45) is 4.47. The van der Waals surface area contributed by atoms with Crippen LogP contribution >= 0.6 is 22.6 Å². The Morgan fingerprint density at radius 2 is 2.05 bits per heavy atom. The second-order valence-electron chi connectivity index (χ2n) is 6.81. The summed E-state index contributed by atoms with van der Waals surface area (Å²) in [5.41, 5.74) is 0. The third kappa shape index (κ3) is 4.60. The third-order valence-electron chi connectivity index (χ3n) is 5.11. The Bertz CT molecular complexity index is 367. The molecule has 0 bridgehead atoms. The topological polar surface area (TPSA) is 66.8 Å². The van der Waals surface area contributed by atoms with Crippen LogP contribution < -0.4 is 0 Å². The van der Waals surface area contributed by atoms with E-state index in [1.54, 1.807) is 0 Å². The summed E-state index contributed by atoms with van der Waals surface area (Å²) in [6, 6.07) is 0.0235. The summed E-state index contributed by atoms with van der Waals surface area (Å²) in [4.78, 5) is 14.8. The molecule has 0 aromatic heterocycles. The van der Waals surface area contributed by atoms with Crippen molar-refractivity contribution in [2.45, 2.75) is 62.0 Å². The smallest absolute Gasteiger partial charge is 0.149 e. The summed E-state index contributed by atoms with van der Waals surface area (Å²) in [6.45, 7) is 5.96. The van der Waals surface area contributed by atoms with Crippen molar-refractivity contribution >= 4 is 28.4 Å². The maximum absolute atomic E-state index is 12.5. The standard InChI is InChI=1S/C15H26IN2O3/c1-10-5-6-17(11(2)7-10)9-15(19)12-3-4-13(16)14(8-12)18(20)21/h10-14,20H,3-9H2,1-2H3/q-1. The van der Waals surface area contributed by atoms with Gasteiger partial charge in [-0.05, 0) is 51.5 Å². The number of ketones is 1. The van der Waals surface area contributed by atoms with E-state index in [-0.39, 0.29) is 20.9 Å². The molecule has 1 saturated heterocycles. The molecule has 21 heavy (non-hydrogen) atoms. The summed E-state index contributed by atoms with van der Waals surface area (Å²) >= 11 is 2.20. The van der Waals surface area contributed by atoms with Gasteiger partial charge in [0.1, 0.15) is 5.78 Å². The summed E-state index contributed by atoms with van der Waals surface area (Å²) in [5, 5.41) is 20.4. The van der Waals surface area contributed by atoms with E-state index in [1.165, 1.54) is 0 Å². The number of hydrogen-bond donors (Lipinski definition) is 1. The van der Waals surface area contributed by atoms with Crippen molar-refractivity contribution in [3.63, 3.8) is 0 Å². The van der Waals surface area contributed by atoms with Crippen molar-refractivity contribution in [1.82, 2.24) is 10.1 Å². The molecule has 1 aliphatic carbocycles. The van der Waals surface area contributed by atoms with E-state index in [2.05, 4.69) is 41.3 Å². The number of alkyl halides is 1. The zero-order chi connectivity index (χ0) is 15.6. The van der Waals surface area contributed by atoms with Crippen molar-refractivity contribution in [2.24, 2.45) is 11.8 Å². The Labute approximate surface area is 140 Å². The lowest BCUT2D eigenvalue weighted by molar-refractivity contribution is -0.130. The van der Waals surface area contributed by atoms with Gasteiger partial charge in [-0.2, -0.15) is 0 Å². The largest absolute Gasteiger partial charge is 0.762 e. The molecule has 2 fully saturated rings. The molecule has 1 N–H and O–H groups in total. The number of Topliss-reactive ketones (excluding diaryl/α,β-unsaturated/α-hetero) is 1. The van der Waals surface area contributed by atoms with Crippen LogP contribution in [0.15, 0.2) is 0 Å². The van der Waals surface area contributed by atoms with Gasteiger partial charge >= 0.3 is 0 Å². The van der Waals surface area contributed by atoms with Crippen LogP contribution in [0.4, 0.5) is 0 Å². The zero-order valence-electron chi connectivity index (χ0n) is 12.9. The Morgan fingerprint density at radius 1 is 1.33 bits per heavy atom. The minimum absolute atomic E-state index is 0.0573. The van der Waals surface area contributed by atoms with Crippen LogP contribution in [0.5, 0.6) is 0 Å². The van der Waals surface area contributed by atoms with E-state index >= 15 is 0 Å². The van der Waals surface area contributed by atoms with E-state index in [1.807, 2.05) is 0 Å². The highest BCUT2D eigenvalue weighted by Crippen LogP contribution is 2.33. The molecule has 0 spiro atoms. The number of hydroxylamine groups is 2. The van der Waals surface area contributed by atoms with E-state index in [4.69, 9.17) is 0 Å². The first-order valence-corrected chi connectivity index (χ1v) is 9.19. The molecule has 1 saturated carbocycles. The Hall–Kier alpha value is 0.240. The van der Waals surface area contributed by atoms with Gasteiger partial charge in [0, 0.05) is 21.9 Å². The van der Waals surface area contributed by atoms with Crippen molar-refractivity contribution in [1.29, 1.82) is 0 Å². The molecule has 6 heteroatoms. The monoisotopic (exact) mass is 409 g/mol. The molecule has 0 radical (unpaired) electrons. The molecule has 2 rings (SSSR count). The van der Waals surface area contributed by atoms with Gasteiger partial charge in [-0.3, -0.25) is 14.9 Å². The number of carbonyl (C=O) groups excluding carboxylic acids is 1. The molecule has 5 nitrogen and oxygen atoms in total. The molecule has 5 atom stereocenters. The fourth-order valence-corrected chi connectivity index (χ4v) is 4.58. The number of hydrogen-bond acceptors (Lipinski definition) is 5. The van der Waals surface area contributed by atoms with Gasteiger partial charge in [-0.15, -0.1) is 0 Å². The fourth-order valence-electron chi connectivity index (χ4n) is 3.65. The lowest BCUT2D eigenvalue weighted by atomic mass is 9.82. The van der Waals surface area contributed by atoms with E-state index in [0.717, 1.165) is 38.1 Å². The summed E-state index contributed by atoms with van der Waals surface area (Å²) in [7, 11) is 0. The fraction of sp³-hybridized carbons (Fsp3) is 0.933. The van der Waals surface area contributed by atoms with Gasteiger partial charge in [0.2, 0.25) is 0 Å². The van der Waals surface area contributed by atoms with E-state index in [9.17, 15) is 15.2 Å². The van der Waals surface area contributed by atoms with Gasteiger partial charge in [-0.25, -0.2) is 0 Å². The van der Waals surface area contributed by atoms with Crippen molar-refractivity contribution in [3.8, 4) is 0 Å². The second kappa shape index (κ2) is 7.68. The Morgan fingerprint density at radius 3 is 2.67 bits per heavy atom. The van der Waals surface area contributed by atoms with Gasteiger partial charge in [-0.1, -0.05) is 29.5 Å². The van der Waals surface area contributed by atoms with Crippen molar-refractivity contribution in [2.75, 3.05) is 13.1 Å². The van der Waals surface area contributed by atoms with Crippen LogP contribution in [0, 0.1) is 17.0 Å². The average Bonchev–Trinajstić information content (AvgIpc) is 2.42. The molecule has 0 aromatic rings. The van der Waals surface area contributed by atoms with Crippen LogP contribution in [-0.2, 0) is 4.79 Å². The van der Waals surface area contributed by atoms with E-state index in [0.29, 0.717) is 19.0 Å². The third-order valence-corrected chi connectivity index (χ3v) is 6.56. The maximum Gasteiger partial charge on any atom is 0.149 e. The number of rotatable bonds is 4. The number of halogens is 1. The van der Waals surface area contributed by atoms with Gasteiger partial charge in [0.25, 0.3) is 0 Å². The first-order valence-electron chi connectivity index (χ1n) is 7.94. The van der Waals surface area contributed by atoms with Crippen molar-refractivity contribution in [3.05, 3.63) is 5.21 Å². The molecular weight excluding hydrogens is 383 g/mol. The minimum Gasteiger partial charge on any atom is -0.762 e. The highest BCUT2D eigenvalue weighted by molar-refractivity contribution is 14.1. The van der Waals surface area contributed by atoms with Crippen LogP contribution in [0.3, 0.4) is 0 Å². The minimum atomic E-state index is -0.438. The lowest BCUT2D eigenvalue weighted by Gasteiger charge is -2.41. The van der Waals surface area contributed by atoms with Crippen LogP contribution in [0.25, 0.3) is 0 Å². The number of nitrogens with zero attached hydrogens (tertiary/aromatic N) is 2. The molecule has 0 aromatic carbocycles. The predicted octanol–water partition coefficient (Wildman–Crippen LogP) is 2.84. The Balaban J connectivity index is 1.88. The molecule has 2 aliphatic rings. The second-order valence-corrected chi connectivity index (χ2v) is 8.41. The molecule has 1 heterocycles. The normalized spacial score (nSPS) is 38.7. The van der Waals surface area contributed by atoms with Gasteiger partial charge in [0.15, 0.2) is 0 Å². The van der Waals surface area contributed by atoms with Crippen LogP contribution in [0.2, 0.25) is 0 Å². The highest BCUT2D eigenvalue weighted by atomic mass is 127. The molecular formula is C15H26IN2O3-. The lowest BCUT2D eigenvalue weighted by Crippen LogP contribution is -2.47. The predicted molar refractivity (Wildman–Crippen MR) is 90.4 cm³/mol. The molecule has 122 valence electrons. The number of piperidine rings is 1. The summed E-state index contributed by atoms with van der Waals surface area (Å²) in [5.74, 6) is 0.913. The average molecular weight is 409 g/mol. The maximum atomic E-state index is 12.5. The first kappa shape index (κ1) is 17.6. The van der Waals surface area contributed by atoms with Crippen LogP contribution in [0.1, 0.15) is 46.0 Å². The van der Waals surface area contributed by atoms with Gasteiger partial charge < -0.3 is 10.4 Å². The molecule has 5 unspecified atom stereocenters. The first-order chi connectivity index (χ1) is 9.88. The quantitative estimate of drug-likeness (QED) is 0.440. The molecule has 0 amide bonds. The number of carbonyl (C=O) groups is 1. The van der Waals surface area contributed by atoms with Crippen molar-refractivity contribution < 1.29 is 10.0 Å². The molecule has 1 aliphatic heterocycles. The SMILES string of the molecule is CC1CCN(CC(=O)C2CCC(I)C(N([O-])O)C2)C(C)C1. The zero-order valence-corrected chi connectivity index (χ0v) is 15.0.